The standard InChI is InChI=1S/C17H29NO2/c1-6-11-18-17(14(4)20-12-13(2)3)15-7-9-16(19-5)10-8-15/h7-10,13-14,17-18H,6,11-12H2,1-5H3. The first-order valence-corrected chi connectivity index (χ1v) is 7.57. The van der Waals surface area contributed by atoms with Crippen molar-refractivity contribution in [2.24, 2.45) is 5.92 Å². The van der Waals surface area contributed by atoms with Crippen LogP contribution < -0.4 is 10.1 Å². The highest BCUT2D eigenvalue weighted by atomic mass is 16.5. The fraction of sp³-hybridized carbons (Fsp3) is 0.647. The van der Waals surface area contributed by atoms with E-state index in [0.717, 1.165) is 25.3 Å². The predicted molar refractivity (Wildman–Crippen MR) is 84.3 cm³/mol. The molecule has 0 spiro atoms. The number of rotatable bonds is 9. The van der Waals surface area contributed by atoms with Crippen LogP contribution in [0.2, 0.25) is 0 Å². The zero-order valence-electron chi connectivity index (χ0n) is 13.5. The van der Waals surface area contributed by atoms with Gasteiger partial charge in [0.15, 0.2) is 0 Å². The van der Waals surface area contributed by atoms with Crippen molar-refractivity contribution in [1.29, 1.82) is 0 Å². The van der Waals surface area contributed by atoms with Crippen LogP contribution in [-0.4, -0.2) is 26.4 Å². The molecule has 0 saturated carbocycles. The Labute approximate surface area is 123 Å². The van der Waals surface area contributed by atoms with Crippen LogP contribution in [0.15, 0.2) is 24.3 Å². The van der Waals surface area contributed by atoms with Gasteiger partial charge in [-0.15, -0.1) is 0 Å². The van der Waals surface area contributed by atoms with E-state index in [1.807, 2.05) is 12.1 Å². The third-order valence-corrected chi connectivity index (χ3v) is 3.25. The van der Waals surface area contributed by atoms with Crippen molar-refractivity contribution in [3.05, 3.63) is 29.8 Å². The van der Waals surface area contributed by atoms with Crippen LogP contribution in [0.25, 0.3) is 0 Å². The molecule has 1 rings (SSSR count). The minimum absolute atomic E-state index is 0.150. The predicted octanol–water partition coefficient (Wildman–Crippen LogP) is 3.80. The summed E-state index contributed by atoms with van der Waals surface area (Å²) < 4.78 is 11.2. The van der Waals surface area contributed by atoms with Crippen molar-refractivity contribution < 1.29 is 9.47 Å². The average Bonchev–Trinajstić information content (AvgIpc) is 2.46. The fourth-order valence-corrected chi connectivity index (χ4v) is 2.11. The maximum absolute atomic E-state index is 5.98. The van der Waals surface area contributed by atoms with Gasteiger partial charge in [0, 0.05) is 6.61 Å². The molecule has 0 fully saturated rings. The van der Waals surface area contributed by atoms with E-state index in [1.165, 1.54) is 5.56 Å². The second kappa shape index (κ2) is 8.98. The Morgan fingerprint density at radius 3 is 2.25 bits per heavy atom. The molecule has 1 N–H and O–H groups in total. The highest BCUT2D eigenvalue weighted by Gasteiger charge is 2.19. The van der Waals surface area contributed by atoms with Gasteiger partial charge in [0.1, 0.15) is 5.75 Å². The molecule has 2 atom stereocenters. The molecule has 2 unspecified atom stereocenters. The van der Waals surface area contributed by atoms with Gasteiger partial charge in [-0.2, -0.15) is 0 Å². The first-order chi connectivity index (χ1) is 9.58. The molecule has 1 aromatic carbocycles. The summed E-state index contributed by atoms with van der Waals surface area (Å²) in [4.78, 5) is 0. The van der Waals surface area contributed by atoms with Gasteiger partial charge in [0.2, 0.25) is 0 Å². The molecule has 0 amide bonds. The maximum Gasteiger partial charge on any atom is 0.118 e. The van der Waals surface area contributed by atoms with Crippen molar-refractivity contribution in [3.8, 4) is 5.75 Å². The van der Waals surface area contributed by atoms with Crippen LogP contribution in [0.5, 0.6) is 5.75 Å². The molecule has 0 aliphatic rings. The maximum atomic E-state index is 5.98. The van der Waals surface area contributed by atoms with Crippen LogP contribution in [-0.2, 0) is 4.74 Å². The van der Waals surface area contributed by atoms with Gasteiger partial charge in [0.25, 0.3) is 0 Å². The van der Waals surface area contributed by atoms with Crippen molar-refractivity contribution in [3.63, 3.8) is 0 Å². The molecular weight excluding hydrogens is 250 g/mol. The lowest BCUT2D eigenvalue weighted by molar-refractivity contribution is 0.0228. The number of hydrogen-bond acceptors (Lipinski definition) is 3. The van der Waals surface area contributed by atoms with Gasteiger partial charge in [-0.05, 0) is 43.5 Å². The van der Waals surface area contributed by atoms with Gasteiger partial charge < -0.3 is 14.8 Å². The largest absolute Gasteiger partial charge is 0.497 e. The van der Waals surface area contributed by atoms with Crippen molar-refractivity contribution in [2.45, 2.75) is 46.3 Å². The fourth-order valence-electron chi connectivity index (χ4n) is 2.11. The zero-order chi connectivity index (χ0) is 15.0. The number of nitrogens with one attached hydrogen (secondary N) is 1. The summed E-state index contributed by atoms with van der Waals surface area (Å²) in [6, 6.07) is 8.46. The Morgan fingerprint density at radius 1 is 1.10 bits per heavy atom. The van der Waals surface area contributed by atoms with E-state index < -0.39 is 0 Å². The number of methoxy groups -OCH3 is 1. The molecule has 0 bridgehead atoms. The molecule has 3 heteroatoms. The van der Waals surface area contributed by atoms with E-state index in [1.54, 1.807) is 7.11 Å². The second-order valence-corrected chi connectivity index (χ2v) is 5.64. The molecule has 0 radical (unpaired) electrons. The van der Waals surface area contributed by atoms with Crippen LogP contribution in [0.4, 0.5) is 0 Å². The smallest absolute Gasteiger partial charge is 0.118 e. The zero-order valence-corrected chi connectivity index (χ0v) is 13.5. The monoisotopic (exact) mass is 279 g/mol. The van der Waals surface area contributed by atoms with E-state index in [4.69, 9.17) is 9.47 Å². The Hall–Kier alpha value is -1.06. The van der Waals surface area contributed by atoms with Crippen molar-refractivity contribution in [1.82, 2.24) is 5.32 Å². The molecule has 3 nitrogen and oxygen atoms in total. The van der Waals surface area contributed by atoms with E-state index in [0.29, 0.717) is 5.92 Å². The summed E-state index contributed by atoms with van der Waals surface area (Å²) in [5.41, 5.74) is 1.25. The summed E-state index contributed by atoms with van der Waals surface area (Å²) in [5, 5.41) is 3.58. The van der Waals surface area contributed by atoms with Gasteiger partial charge in [0.05, 0.1) is 19.3 Å². The summed E-state index contributed by atoms with van der Waals surface area (Å²) in [5.74, 6) is 1.44. The Balaban J connectivity index is 2.75. The first-order valence-electron chi connectivity index (χ1n) is 7.57. The van der Waals surface area contributed by atoms with Gasteiger partial charge in [-0.25, -0.2) is 0 Å². The Morgan fingerprint density at radius 2 is 1.75 bits per heavy atom. The average molecular weight is 279 g/mol. The van der Waals surface area contributed by atoms with E-state index in [-0.39, 0.29) is 12.1 Å². The quantitative estimate of drug-likeness (QED) is 0.746. The summed E-state index contributed by atoms with van der Waals surface area (Å²) in [6.07, 6.45) is 1.26. The molecule has 20 heavy (non-hydrogen) atoms. The van der Waals surface area contributed by atoms with Crippen LogP contribution in [0, 0.1) is 5.92 Å². The molecule has 0 aliphatic carbocycles. The van der Waals surface area contributed by atoms with Crippen molar-refractivity contribution in [2.75, 3.05) is 20.3 Å². The van der Waals surface area contributed by atoms with Crippen LogP contribution >= 0.6 is 0 Å². The van der Waals surface area contributed by atoms with E-state index in [2.05, 4.69) is 45.1 Å². The third kappa shape index (κ3) is 5.51. The Bertz CT molecular complexity index is 362. The minimum Gasteiger partial charge on any atom is -0.497 e. The highest BCUT2D eigenvalue weighted by molar-refractivity contribution is 5.29. The van der Waals surface area contributed by atoms with Crippen molar-refractivity contribution >= 4 is 0 Å². The lowest BCUT2D eigenvalue weighted by Gasteiger charge is -2.26. The van der Waals surface area contributed by atoms with Crippen LogP contribution in [0.1, 0.15) is 45.7 Å². The summed E-state index contributed by atoms with van der Waals surface area (Å²) in [6.45, 7) is 10.5. The normalized spacial score (nSPS) is 14.3. The minimum atomic E-state index is 0.150. The highest BCUT2D eigenvalue weighted by Crippen LogP contribution is 2.22. The topological polar surface area (TPSA) is 30.5 Å². The number of ether oxygens (including phenoxy) is 2. The van der Waals surface area contributed by atoms with E-state index >= 15 is 0 Å². The molecule has 114 valence electrons. The molecule has 1 aromatic rings. The molecule has 0 aromatic heterocycles. The molecule has 0 saturated heterocycles. The van der Waals surface area contributed by atoms with E-state index in [9.17, 15) is 0 Å². The lowest BCUT2D eigenvalue weighted by Crippen LogP contribution is -2.33. The molecule has 0 heterocycles. The first kappa shape index (κ1) is 17.0. The second-order valence-electron chi connectivity index (χ2n) is 5.64. The molecular formula is C17H29NO2. The summed E-state index contributed by atoms with van der Waals surface area (Å²) >= 11 is 0. The Kier molecular flexibility index (Phi) is 7.63. The van der Waals surface area contributed by atoms with Crippen LogP contribution in [0.3, 0.4) is 0 Å². The lowest BCUT2D eigenvalue weighted by atomic mass is 10.0. The van der Waals surface area contributed by atoms with Gasteiger partial charge in [-0.1, -0.05) is 32.9 Å². The van der Waals surface area contributed by atoms with Gasteiger partial charge in [-0.3, -0.25) is 0 Å². The number of hydrogen-bond donors (Lipinski definition) is 1. The van der Waals surface area contributed by atoms with Gasteiger partial charge >= 0.3 is 0 Å². The molecule has 0 aliphatic heterocycles. The summed E-state index contributed by atoms with van der Waals surface area (Å²) in [7, 11) is 1.69. The third-order valence-electron chi connectivity index (χ3n) is 3.25. The SMILES string of the molecule is CCCNC(c1ccc(OC)cc1)C(C)OCC(C)C. The number of benzene rings is 1.